The molecule has 2 aliphatic heterocycles. The first-order valence-corrected chi connectivity index (χ1v) is 10.7. The van der Waals surface area contributed by atoms with Crippen molar-refractivity contribution >= 4 is 30.7 Å². The van der Waals surface area contributed by atoms with Crippen LogP contribution in [0.25, 0.3) is 0 Å². The van der Waals surface area contributed by atoms with Gasteiger partial charge in [-0.05, 0) is 37.1 Å². The van der Waals surface area contributed by atoms with Crippen LogP contribution in [0.4, 0.5) is 0 Å². The summed E-state index contributed by atoms with van der Waals surface area (Å²) in [5.41, 5.74) is 2.49. The molecule has 2 N–H and O–H groups in total. The highest BCUT2D eigenvalue weighted by Gasteiger charge is 2.28. The first kappa shape index (κ1) is 25.6. The third kappa shape index (κ3) is 6.92. The largest absolute Gasteiger partial charge is 0.351 e. The fraction of sp³-hybridized carbons (Fsp3) is 0.545. The van der Waals surface area contributed by atoms with Crippen molar-refractivity contribution in [3.8, 4) is 0 Å². The van der Waals surface area contributed by atoms with Crippen LogP contribution in [0, 0.1) is 0 Å². The highest BCUT2D eigenvalue weighted by atomic mass is 35.5. The summed E-state index contributed by atoms with van der Waals surface area (Å²) < 4.78 is 2.03. The molecule has 1 amide bonds. The zero-order valence-electron chi connectivity index (χ0n) is 18.1. The van der Waals surface area contributed by atoms with E-state index in [4.69, 9.17) is 0 Å². The lowest BCUT2D eigenvalue weighted by molar-refractivity contribution is -0.123. The number of hydrogen-bond donors (Lipinski definition) is 2. The molecule has 2 aromatic rings. The number of rotatable bonds is 7. The molecule has 1 aromatic heterocycles. The summed E-state index contributed by atoms with van der Waals surface area (Å²) in [5.74, 6) is 1.06. The molecule has 172 valence electrons. The summed E-state index contributed by atoms with van der Waals surface area (Å²) in [4.78, 5) is 21.8. The lowest BCUT2D eigenvalue weighted by atomic mass is 10.1. The summed E-state index contributed by atoms with van der Waals surface area (Å²) in [7, 11) is 2.00. The number of aromatic nitrogens is 2. The molecule has 1 aromatic carbocycles. The summed E-state index contributed by atoms with van der Waals surface area (Å²) in [6, 6.07) is 8.76. The third-order valence-electron chi connectivity index (χ3n) is 5.97. The van der Waals surface area contributed by atoms with Crippen molar-refractivity contribution < 1.29 is 4.79 Å². The maximum atomic E-state index is 12.6. The predicted molar refractivity (Wildman–Crippen MR) is 128 cm³/mol. The molecule has 1 unspecified atom stereocenters. The summed E-state index contributed by atoms with van der Waals surface area (Å²) >= 11 is 0. The standard InChI is InChI=1S/C22H32N6O.2ClH/c1-26-12-9-24-22(26)20-15-23-8-13-28(20)17-21(29)25-14-18-4-6-19(7-5-18)16-27-10-2-3-11-27;;/h4-7,9,12,20,23H,2-3,8,10-11,13-17H2,1H3,(H,25,29);2*1H. The zero-order valence-corrected chi connectivity index (χ0v) is 19.8. The second-order valence-electron chi connectivity index (χ2n) is 8.16. The van der Waals surface area contributed by atoms with Crippen LogP contribution in [0.2, 0.25) is 0 Å². The van der Waals surface area contributed by atoms with Gasteiger partial charge >= 0.3 is 0 Å². The van der Waals surface area contributed by atoms with Crippen molar-refractivity contribution in [2.24, 2.45) is 7.05 Å². The third-order valence-corrected chi connectivity index (χ3v) is 5.97. The van der Waals surface area contributed by atoms with E-state index in [0.29, 0.717) is 13.1 Å². The van der Waals surface area contributed by atoms with Gasteiger partial charge in [-0.25, -0.2) is 4.98 Å². The zero-order chi connectivity index (χ0) is 20.1. The van der Waals surface area contributed by atoms with Crippen LogP contribution in [0.1, 0.15) is 35.8 Å². The number of piperazine rings is 1. The van der Waals surface area contributed by atoms with Crippen LogP contribution in [-0.4, -0.2) is 64.5 Å². The van der Waals surface area contributed by atoms with Gasteiger partial charge < -0.3 is 15.2 Å². The van der Waals surface area contributed by atoms with Crippen LogP contribution in [0.5, 0.6) is 0 Å². The number of halogens is 2. The lowest BCUT2D eigenvalue weighted by Gasteiger charge is -2.35. The van der Waals surface area contributed by atoms with Crippen molar-refractivity contribution in [1.82, 2.24) is 30.0 Å². The number of aryl methyl sites for hydroxylation is 1. The molecule has 2 saturated heterocycles. The molecule has 0 radical (unpaired) electrons. The second-order valence-corrected chi connectivity index (χ2v) is 8.16. The van der Waals surface area contributed by atoms with Crippen LogP contribution in [0.3, 0.4) is 0 Å². The maximum absolute atomic E-state index is 12.6. The SMILES string of the molecule is Cl.Cl.Cn1ccnc1C1CNCCN1CC(=O)NCc1ccc(CN2CCCC2)cc1. The molecule has 3 heterocycles. The van der Waals surface area contributed by atoms with Crippen LogP contribution < -0.4 is 10.6 Å². The molecule has 7 nitrogen and oxygen atoms in total. The second kappa shape index (κ2) is 12.4. The molecule has 1 atom stereocenters. The molecule has 0 spiro atoms. The van der Waals surface area contributed by atoms with Gasteiger partial charge in [0.05, 0.1) is 12.6 Å². The fourth-order valence-corrected chi connectivity index (χ4v) is 4.29. The minimum Gasteiger partial charge on any atom is -0.351 e. The van der Waals surface area contributed by atoms with Crippen LogP contribution in [0.15, 0.2) is 36.7 Å². The number of nitrogens with one attached hydrogen (secondary N) is 2. The van der Waals surface area contributed by atoms with Crippen molar-refractivity contribution in [2.45, 2.75) is 32.0 Å². The molecule has 0 bridgehead atoms. The van der Waals surface area contributed by atoms with E-state index in [0.717, 1.165) is 37.6 Å². The molecule has 9 heteroatoms. The Morgan fingerprint density at radius 1 is 1.13 bits per heavy atom. The van der Waals surface area contributed by atoms with E-state index in [1.807, 2.05) is 24.0 Å². The van der Waals surface area contributed by atoms with Crippen molar-refractivity contribution in [3.05, 3.63) is 53.6 Å². The first-order chi connectivity index (χ1) is 14.2. The summed E-state index contributed by atoms with van der Waals surface area (Å²) in [5, 5.41) is 6.49. The van der Waals surface area contributed by atoms with Gasteiger partial charge in [0.1, 0.15) is 5.82 Å². The van der Waals surface area contributed by atoms with E-state index in [9.17, 15) is 4.79 Å². The van der Waals surface area contributed by atoms with Crippen LogP contribution >= 0.6 is 24.8 Å². The van der Waals surface area contributed by atoms with E-state index < -0.39 is 0 Å². The van der Waals surface area contributed by atoms with Gasteiger partial charge in [-0.3, -0.25) is 14.6 Å². The predicted octanol–water partition coefficient (Wildman–Crippen LogP) is 2.12. The Hall–Kier alpha value is -1.64. The fourth-order valence-electron chi connectivity index (χ4n) is 4.29. The number of hydrogen-bond acceptors (Lipinski definition) is 5. The first-order valence-electron chi connectivity index (χ1n) is 10.7. The quantitative estimate of drug-likeness (QED) is 0.651. The molecular formula is C22H34Cl2N6O. The normalized spacial score (nSPS) is 19.5. The van der Waals surface area contributed by atoms with Crippen molar-refractivity contribution in [2.75, 3.05) is 39.3 Å². The maximum Gasteiger partial charge on any atom is 0.234 e. The van der Waals surface area contributed by atoms with E-state index in [1.54, 1.807) is 0 Å². The summed E-state index contributed by atoms with van der Waals surface area (Å²) in [6.45, 7) is 6.98. The van der Waals surface area contributed by atoms with Gasteiger partial charge in [0, 0.05) is 52.2 Å². The molecule has 2 fully saturated rings. The Bertz CT molecular complexity index is 807. The van der Waals surface area contributed by atoms with Gasteiger partial charge in [-0.15, -0.1) is 24.8 Å². The molecular weight excluding hydrogens is 435 g/mol. The number of nitrogens with zero attached hydrogens (tertiary/aromatic N) is 4. The topological polar surface area (TPSA) is 65.4 Å². The van der Waals surface area contributed by atoms with E-state index in [1.165, 1.54) is 31.5 Å². The van der Waals surface area contributed by atoms with Gasteiger partial charge in [0.2, 0.25) is 5.91 Å². The molecule has 0 aliphatic carbocycles. The average Bonchev–Trinajstić information content (AvgIpc) is 3.40. The number of benzene rings is 1. The van der Waals surface area contributed by atoms with Gasteiger partial charge in [-0.1, -0.05) is 24.3 Å². The molecule has 2 aliphatic rings. The lowest BCUT2D eigenvalue weighted by Crippen LogP contribution is -2.50. The van der Waals surface area contributed by atoms with Gasteiger partial charge in [0.25, 0.3) is 0 Å². The van der Waals surface area contributed by atoms with Crippen LogP contribution in [-0.2, 0) is 24.9 Å². The molecule has 0 saturated carbocycles. The number of imidazole rings is 1. The smallest absolute Gasteiger partial charge is 0.234 e. The highest BCUT2D eigenvalue weighted by molar-refractivity contribution is 5.85. The monoisotopic (exact) mass is 468 g/mol. The Balaban J connectivity index is 0.00000171. The molecule has 4 rings (SSSR count). The van der Waals surface area contributed by atoms with Gasteiger partial charge in [-0.2, -0.15) is 0 Å². The minimum atomic E-state index is 0. The highest BCUT2D eigenvalue weighted by Crippen LogP contribution is 2.20. The van der Waals surface area contributed by atoms with E-state index in [-0.39, 0.29) is 36.8 Å². The Morgan fingerprint density at radius 2 is 1.84 bits per heavy atom. The summed E-state index contributed by atoms with van der Waals surface area (Å²) in [6.07, 6.45) is 6.40. The Labute approximate surface area is 197 Å². The van der Waals surface area contributed by atoms with Crippen molar-refractivity contribution in [1.29, 1.82) is 0 Å². The van der Waals surface area contributed by atoms with E-state index in [2.05, 4.69) is 49.7 Å². The molecule has 31 heavy (non-hydrogen) atoms. The minimum absolute atomic E-state index is 0. The number of carbonyl (C=O) groups is 1. The van der Waals surface area contributed by atoms with E-state index >= 15 is 0 Å². The Morgan fingerprint density at radius 3 is 2.52 bits per heavy atom. The van der Waals surface area contributed by atoms with Gasteiger partial charge in [0.15, 0.2) is 0 Å². The number of amides is 1. The number of carbonyl (C=O) groups excluding carboxylic acids is 1. The Kier molecular flexibility index (Phi) is 10.3. The van der Waals surface area contributed by atoms with Crippen molar-refractivity contribution in [3.63, 3.8) is 0 Å². The number of likely N-dealkylation sites (tertiary alicyclic amines) is 1. The average molecular weight is 469 g/mol.